The van der Waals surface area contributed by atoms with Crippen LogP contribution in [0.2, 0.25) is 0 Å². The number of carbonyl (C=O) groups excluding carboxylic acids is 2. The lowest BCUT2D eigenvalue weighted by Gasteiger charge is -2.50. The van der Waals surface area contributed by atoms with Gasteiger partial charge in [-0.2, -0.15) is 0 Å². The molecule has 5 heteroatoms. The third-order valence-corrected chi connectivity index (χ3v) is 6.42. The number of likely N-dealkylation sites (tertiary alicyclic amines) is 1. The molecule has 0 aromatic carbocycles. The fourth-order valence-corrected chi connectivity index (χ4v) is 5.33. The SMILES string of the molecule is CCCCN(C(=O)C1CCN(C(=O)C(C)(C)C)CC1)C1CC(C)(C)NC(C)(C)C1. The first-order valence-electron chi connectivity index (χ1n) is 11.6. The predicted molar refractivity (Wildman–Crippen MR) is 120 cm³/mol. The smallest absolute Gasteiger partial charge is 0.227 e. The number of nitrogens with zero attached hydrogens (tertiary/aromatic N) is 2. The second-order valence-electron chi connectivity index (χ2n) is 11.7. The van der Waals surface area contributed by atoms with Crippen LogP contribution in [0.25, 0.3) is 0 Å². The van der Waals surface area contributed by atoms with Gasteiger partial charge in [-0.15, -0.1) is 0 Å². The van der Waals surface area contributed by atoms with E-state index in [0.717, 1.165) is 45.1 Å². The molecule has 5 nitrogen and oxygen atoms in total. The van der Waals surface area contributed by atoms with Crippen molar-refractivity contribution in [3.8, 4) is 0 Å². The zero-order valence-corrected chi connectivity index (χ0v) is 20.2. The number of unbranched alkanes of at least 4 members (excludes halogenated alkanes) is 1. The van der Waals surface area contributed by atoms with Crippen molar-refractivity contribution in [3.63, 3.8) is 0 Å². The Morgan fingerprint density at radius 2 is 1.55 bits per heavy atom. The highest BCUT2D eigenvalue weighted by Gasteiger charge is 2.42. The molecule has 2 fully saturated rings. The number of carbonyl (C=O) groups is 2. The molecule has 0 spiro atoms. The van der Waals surface area contributed by atoms with Crippen molar-refractivity contribution in [2.45, 2.75) is 111 Å². The summed E-state index contributed by atoms with van der Waals surface area (Å²) >= 11 is 0. The molecule has 29 heavy (non-hydrogen) atoms. The van der Waals surface area contributed by atoms with Crippen molar-refractivity contribution in [1.82, 2.24) is 15.1 Å². The Morgan fingerprint density at radius 1 is 1.03 bits per heavy atom. The normalized spacial score (nSPS) is 23.1. The summed E-state index contributed by atoms with van der Waals surface area (Å²) in [6, 6.07) is 0.287. The van der Waals surface area contributed by atoms with E-state index in [1.54, 1.807) is 0 Å². The fraction of sp³-hybridized carbons (Fsp3) is 0.917. The molecular formula is C24H45N3O2. The maximum Gasteiger partial charge on any atom is 0.227 e. The van der Waals surface area contributed by atoms with Crippen LogP contribution >= 0.6 is 0 Å². The molecule has 2 aliphatic heterocycles. The molecule has 2 aliphatic rings. The minimum Gasteiger partial charge on any atom is -0.342 e. The van der Waals surface area contributed by atoms with Crippen LogP contribution in [0.4, 0.5) is 0 Å². The van der Waals surface area contributed by atoms with Gasteiger partial charge in [0.25, 0.3) is 0 Å². The lowest BCUT2D eigenvalue weighted by molar-refractivity contribution is -0.147. The Bertz CT molecular complexity index is 567. The van der Waals surface area contributed by atoms with Crippen molar-refractivity contribution >= 4 is 11.8 Å². The molecular weight excluding hydrogens is 362 g/mol. The van der Waals surface area contributed by atoms with Gasteiger partial charge in [-0.05, 0) is 59.8 Å². The zero-order valence-electron chi connectivity index (χ0n) is 20.2. The van der Waals surface area contributed by atoms with E-state index in [1.807, 2.05) is 25.7 Å². The summed E-state index contributed by atoms with van der Waals surface area (Å²) in [6.07, 6.45) is 5.72. The van der Waals surface area contributed by atoms with Gasteiger partial charge in [-0.3, -0.25) is 9.59 Å². The van der Waals surface area contributed by atoms with Crippen LogP contribution in [0, 0.1) is 11.3 Å². The molecule has 0 aromatic rings. The maximum absolute atomic E-state index is 13.6. The van der Waals surface area contributed by atoms with Gasteiger partial charge < -0.3 is 15.1 Å². The summed E-state index contributed by atoms with van der Waals surface area (Å²) in [6.45, 7) is 19.4. The molecule has 2 rings (SSSR count). The summed E-state index contributed by atoms with van der Waals surface area (Å²) in [5.41, 5.74) is -0.296. The predicted octanol–water partition coefficient (Wildman–Crippen LogP) is 4.21. The molecule has 0 aromatic heterocycles. The van der Waals surface area contributed by atoms with E-state index in [0.29, 0.717) is 19.0 Å². The Labute approximate surface area is 179 Å². The summed E-state index contributed by atoms with van der Waals surface area (Å²) in [7, 11) is 0. The van der Waals surface area contributed by atoms with Gasteiger partial charge in [0.15, 0.2) is 0 Å². The third-order valence-electron chi connectivity index (χ3n) is 6.42. The molecule has 0 atom stereocenters. The van der Waals surface area contributed by atoms with Crippen molar-refractivity contribution in [3.05, 3.63) is 0 Å². The molecule has 2 saturated heterocycles. The van der Waals surface area contributed by atoms with Crippen LogP contribution < -0.4 is 5.32 Å². The second-order valence-corrected chi connectivity index (χ2v) is 11.7. The minimum absolute atomic E-state index is 0.0274. The van der Waals surface area contributed by atoms with Crippen LogP contribution in [0.5, 0.6) is 0 Å². The molecule has 0 radical (unpaired) electrons. The van der Waals surface area contributed by atoms with E-state index in [9.17, 15) is 9.59 Å². The number of amides is 2. The highest BCUT2D eigenvalue weighted by Crippen LogP contribution is 2.33. The standard InChI is InChI=1S/C24H45N3O2/c1-9-10-13-27(19-16-23(5,6)25-24(7,8)17-19)20(28)18-11-14-26(15-12-18)21(29)22(2,3)4/h18-19,25H,9-17H2,1-8H3. The van der Waals surface area contributed by atoms with Gasteiger partial charge in [0, 0.05) is 48.1 Å². The van der Waals surface area contributed by atoms with Crippen LogP contribution in [0.15, 0.2) is 0 Å². The third kappa shape index (κ3) is 6.44. The second kappa shape index (κ2) is 8.95. The highest BCUT2D eigenvalue weighted by molar-refractivity contribution is 5.83. The average Bonchev–Trinajstić information content (AvgIpc) is 2.58. The fourth-order valence-electron chi connectivity index (χ4n) is 5.33. The van der Waals surface area contributed by atoms with Crippen molar-refractivity contribution in [2.75, 3.05) is 19.6 Å². The largest absolute Gasteiger partial charge is 0.342 e. The topological polar surface area (TPSA) is 52.7 Å². The molecule has 168 valence electrons. The molecule has 0 aliphatic carbocycles. The molecule has 0 saturated carbocycles. The molecule has 2 amide bonds. The van der Waals surface area contributed by atoms with Gasteiger partial charge in [0.05, 0.1) is 0 Å². The molecule has 0 bridgehead atoms. The van der Waals surface area contributed by atoms with Gasteiger partial charge in [-0.1, -0.05) is 34.1 Å². The maximum atomic E-state index is 13.6. The van der Waals surface area contributed by atoms with Crippen LogP contribution in [-0.4, -0.2) is 58.4 Å². The first-order chi connectivity index (χ1) is 13.3. The van der Waals surface area contributed by atoms with Gasteiger partial charge >= 0.3 is 0 Å². The quantitative estimate of drug-likeness (QED) is 0.743. The van der Waals surface area contributed by atoms with Crippen LogP contribution in [0.3, 0.4) is 0 Å². The summed E-state index contributed by atoms with van der Waals surface area (Å²) in [5.74, 6) is 0.574. The summed E-state index contributed by atoms with van der Waals surface area (Å²) in [4.78, 5) is 30.3. The van der Waals surface area contributed by atoms with Crippen molar-refractivity contribution in [1.29, 1.82) is 0 Å². The number of piperidine rings is 2. The highest BCUT2D eigenvalue weighted by atomic mass is 16.2. The number of hydrogen-bond acceptors (Lipinski definition) is 3. The summed E-state index contributed by atoms with van der Waals surface area (Å²) < 4.78 is 0. The van der Waals surface area contributed by atoms with E-state index < -0.39 is 0 Å². The monoisotopic (exact) mass is 407 g/mol. The average molecular weight is 408 g/mol. The van der Waals surface area contributed by atoms with E-state index in [1.165, 1.54) is 0 Å². The van der Waals surface area contributed by atoms with E-state index in [4.69, 9.17) is 0 Å². The number of hydrogen-bond donors (Lipinski definition) is 1. The Kier molecular flexibility index (Phi) is 7.46. The van der Waals surface area contributed by atoms with E-state index >= 15 is 0 Å². The zero-order chi connectivity index (χ0) is 22.0. The van der Waals surface area contributed by atoms with E-state index in [-0.39, 0.29) is 34.4 Å². The Balaban J connectivity index is 2.09. The summed E-state index contributed by atoms with van der Waals surface area (Å²) in [5, 5.41) is 3.74. The number of rotatable bonds is 5. The van der Waals surface area contributed by atoms with Crippen LogP contribution in [0.1, 0.15) is 93.9 Å². The Hall–Kier alpha value is -1.10. The van der Waals surface area contributed by atoms with Crippen molar-refractivity contribution in [2.24, 2.45) is 11.3 Å². The lowest BCUT2D eigenvalue weighted by Crippen LogP contribution is -2.63. The first-order valence-corrected chi connectivity index (χ1v) is 11.6. The van der Waals surface area contributed by atoms with Gasteiger partial charge in [0.1, 0.15) is 0 Å². The van der Waals surface area contributed by atoms with Crippen molar-refractivity contribution < 1.29 is 9.59 Å². The Morgan fingerprint density at radius 3 is 2.00 bits per heavy atom. The first kappa shape index (κ1) is 24.2. The van der Waals surface area contributed by atoms with Gasteiger partial charge in [0.2, 0.25) is 11.8 Å². The molecule has 1 N–H and O–H groups in total. The van der Waals surface area contributed by atoms with Gasteiger partial charge in [-0.25, -0.2) is 0 Å². The van der Waals surface area contributed by atoms with Crippen LogP contribution in [-0.2, 0) is 9.59 Å². The van der Waals surface area contributed by atoms with E-state index in [2.05, 4.69) is 44.8 Å². The molecule has 0 unspecified atom stereocenters. The lowest BCUT2D eigenvalue weighted by atomic mass is 9.78. The molecule has 2 heterocycles. The number of nitrogens with one attached hydrogen (secondary N) is 1. The minimum atomic E-state index is -0.351.